The van der Waals surface area contributed by atoms with Crippen molar-refractivity contribution in [2.24, 2.45) is 0 Å². The van der Waals surface area contributed by atoms with Crippen LogP contribution < -0.4 is 4.74 Å². The molecule has 0 fully saturated rings. The van der Waals surface area contributed by atoms with E-state index >= 15 is 0 Å². The number of ether oxygens (including phenoxy) is 1. The van der Waals surface area contributed by atoms with Gasteiger partial charge in [0.25, 0.3) is 0 Å². The smallest absolute Gasteiger partial charge is 0.150 e. The van der Waals surface area contributed by atoms with Crippen LogP contribution in [0.15, 0.2) is 65.1 Å². The molecule has 3 heteroatoms. The molecule has 0 atom stereocenters. The van der Waals surface area contributed by atoms with Crippen LogP contribution in [0.4, 0.5) is 0 Å². The number of hydrogen-bond acceptors (Lipinski definition) is 2. The summed E-state index contributed by atoms with van der Waals surface area (Å²) >= 11 is 3.41. The van der Waals surface area contributed by atoms with Crippen molar-refractivity contribution in [1.82, 2.24) is 0 Å². The second-order valence-corrected chi connectivity index (χ2v) is 5.27. The minimum atomic E-state index is 0.614. The van der Waals surface area contributed by atoms with E-state index in [0.717, 1.165) is 21.9 Å². The molecule has 3 aromatic rings. The van der Waals surface area contributed by atoms with Crippen molar-refractivity contribution in [2.45, 2.75) is 0 Å². The summed E-state index contributed by atoms with van der Waals surface area (Å²) in [4.78, 5) is 10.7. The Labute approximate surface area is 125 Å². The maximum atomic E-state index is 10.7. The first-order chi connectivity index (χ1) is 9.76. The quantitative estimate of drug-likeness (QED) is 0.618. The molecule has 0 heterocycles. The highest BCUT2D eigenvalue weighted by Crippen LogP contribution is 2.31. The Balaban J connectivity index is 1.94. The SMILES string of the molecule is O=Cc1ccc(Oc2ccc3ccccc3c2)c(Br)c1. The summed E-state index contributed by atoms with van der Waals surface area (Å²) in [6, 6.07) is 19.3. The van der Waals surface area contributed by atoms with E-state index in [2.05, 4.69) is 22.0 Å². The van der Waals surface area contributed by atoms with Crippen LogP contribution >= 0.6 is 15.9 Å². The summed E-state index contributed by atoms with van der Waals surface area (Å²) in [6.07, 6.45) is 0.810. The van der Waals surface area contributed by atoms with Gasteiger partial charge in [-0.15, -0.1) is 0 Å². The average Bonchev–Trinajstić information content (AvgIpc) is 2.49. The molecule has 3 rings (SSSR count). The first-order valence-corrected chi connectivity index (χ1v) is 6.97. The fourth-order valence-electron chi connectivity index (χ4n) is 2.03. The molecule has 0 aliphatic carbocycles. The summed E-state index contributed by atoms with van der Waals surface area (Å²) in [6.45, 7) is 0. The van der Waals surface area contributed by atoms with Gasteiger partial charge in [0, 0.05) is 5.56 Å². The highest BCUT2D eigenvalue weighted by molar-refractivity contribution is 9.10. The molecule has 0 N–H and O–H groups in total. The fourth-order valence-corrected chi connectivity index (χ4v) is 2.51. The van der Waals surface area contributed by atoms with Gasteiger partial charge in [0.15, 0.2) is 0 Å². The normalized spacial score (nSPS) is 10.4. The number of aldehydes is 1. The molecule has 0 aromatic heterocycles. The molecule has 0 saturated carbocycles. The van der Waals surface area contributed by atoms with Crippen molar-refractivity contribution in [3.05, 3.63) is 70.7 Å². The Morgan fingerprint density at radius 3 is 2.45 bits per heavy atom. The molecule has 0 amide bonds. The van der Waals surface area contributed by atoms with E-state index in [4.69, 9.17) is 4.74 Å². The zero-order valence-corrected chi connectivity index (χ0v) is 12.1. The van der Waals surface area contributed by atoms with Gasteiger partial charge in [-0.05, 0) is 57.0 Å². The Hall–Kier alpha value is -2.13. The van der Waals surface area contributed by atoms with E-state index < -0.39 is 0 Å². The highest BCUT2D eigenvalue weighted by atomic mass is 79.9. The van der Waals surface area contributed by atoms with Gasteiger partial charge in [-0.1, -0.05) is 30.3 Å². The summed E-state index contributed by atoms with van der Waals surface area (Å²) in [5, 5.41) is 2.31. The summed E-state index contributed by atoms with van der Waals surface area (Å²) in [7, 11) is 0. The van der Waals surface area contributed by atoms with Crippen LogP contribution in [0.2, 0.25) is 0 Å². The monoisotopic (exact) mass is 326 g/mol. The first-order valence-electron chi connectivity index (χ1n) is 6.18. The number of benzene rings is 3. The Kier molecular flexibility index (Phi) is 3.52. The molecular weight excluding hydrogens is 316 g/mol. The predicted octanol–water partition coefficient (Wildman–Crippen LogP) is 5.21. The fraction of sp³-hybridized carbons (Fsp3) is 0. The number of rotatable bonds is 3. The van der Waals surface area contributed by atoms with Crippen molar-refractivity contribution in [2.75, 3.05) is 0 Å². The second-order valence-electron chi connectivity index (χ2n) is 4.42. The van der Waals surface area contributed by atoms with Crippen LogP contribution in [0.3, 0.4) is 0 Å². The Bertz CT molecular complexity index is 781. The topological polar surface area (TPSA) is 26.3 Å². The van der Waals surface area contributed by atoms with E-state index in [1.165, 1.54) is 5.39 Å². The molecule has 98 valence electrons. The van der Waals surface area contributed by atoms with Crippen molar-refractivity contribution >= 4 is 33.0 Å². The molecule has 2 nitrogen and oxygen atoms in total. The minimum absolute atomic E-state index is 0.614. The van der Waals surface area contributed by atoms with E-state index in [0.29, 0.717) is 11.3 Å². The number of hydrogen-bond donors (Lipinski definition) is 0. The summed E-state index contributed by atoms with van der Waals surface area (Å²) in [5.41, 5.74) is 0.614. The third-order valence-corrected chi connectivity index (χ3v) is 3.66. The lowest BCUT2D eigenvalue weighted by Gasteiger charge is -2.09. The molecule has 0 aliphatic heterocycles. The molecule has 0 unspecified atom stereocenters. The van der Waals surface area contributed by atoms with Crippen LogP contribution in [0, 0.1) is 0 Å². The van der Waals surface area contributed by atoms with Gasteiger partial charge < -0.3 is 4.74 Å². The zero-order chi connectivity index (χ0) is 13.9. The van der Waals surface area contributed by atoms with Crippen LogP contribution in [0.1, 0.15) is 10.4 Å². The summed E-state index contributed by atoms with van der Waals surface area (Å²) < 4.78 is 6.61. The van der Waals surface area contributed by atoms with Gasteiger partial charge in [0.05, 0.1) is 4.47 Å². The first kappa shape index (κ1) is 12.9. The Morgan fingerprint density at radius 2 is 1.70 bits per heavy atom. The van der Waals surface area contributed by atoms with E-state index in [1.54, 1.807) is 18.2 Å². The van der Waals surface area contributed by atoms with Gasteiger partial charge in [-0.2, -0.15) is 0 Å². The van der Waals surface area contributed by atoms with Crippen LogP contribution in [0.5, 0.6) is 11.5 Å². The van der Waals surface area contributed by atoms with Crippen LogP contribution in [-0.4, -0.2) is 6.29 Å². The molecule has 0 radical (unpaired) electrons. The van der Waals surface area contributed by atoms with Crippen molar-refractivity contribution in [3.8, 4) is 11.5 Å². The third kappa shape index (κ3) is 2.58. The predicted molar refractivity (Wildman–Crippen MR) is 83.6 cm³/mol. The highest BCUT2D eigenvalue weighted by Gasteiger charge is 2.04. The average molecular weight is 327 g/mol. The van der Waals surface area contributed by atoms with Crippen LogP contribution in [-0.2, 0) is 0 Å². The molecule has 0 aliphatic rings. The van der Waals surface area contributed by atoms with Gasteiger partial charge >= 0.3 is 0 Å². The van der Waals surface area contributed by atoms with E-state index in [9.17, 15) is 4.79 Å². The third-order valence-electron chi connectivity index (χ3n) is 3.04. The molecule has 0 spiro atoms. The lowest BCUT2D eigenvalue weighted by Crippen LogP contribution is -1.87. The zero-order valence-electron chi connectivity index (χ0n) is 10.5. The maximum absolute atomic E-state index is 10.7. The van der Waals surface area contributed by atoms with Crippen molar-refractivity contribution < 1.29 is 9.53 Å². The number of carbonyl (C=O) groups excluding carboxylic acids is 1. The summed E-state index contributed by atoms with van der Waals surface area (Å²) in [5.74, 6) is 1.45. The number of fused-ring (bicyclic) bond motifs is 1. The van der Waals surface area contributed by atoms with Gasteiger partial charge in [0.1, 0.15) is 17.8 Å². The Morgan fingerprint density at radius 1 is 0.900 bits per heavy atom. The number of carbonyl (C=O) groups is 1. The van der Waals surface area contributed by atoms with Gasteiger partial charge in [-0.25, -0.2) is 0 Å². The molecule has 0 saturated heterocycles. The number of halogens is 1. The van der Waals surface area contributed by atoms with E-state index in [1.807, 2.05) is 36.4 Å². The van der Waals surface area contributed by atoms with Gasteiger partial charge in [0.2, 0.25) is 0 Å². The van der Waals surface area contributed by atoms with Crippen molar-refractivity contribution in [3.63, 3.8) is 0 Å². The molecule has 20 heavy (non-hydrogen) atoms. The van der Waals surface area contributed by atoms with E-state index in [-0.39, 0.29) is 0 Å². The van der Waals surface area contributed by atoms with Gasteiger partial charge in [-0.3, -0.25) is 4.79 Å². The lowest BCUT2D eigenvalue weighted by molar-refractivity contribution is 0.112. The van der Waals surface area contributed by atoms with Crippen molar-refractivity contribution in [1.29, 1.82) is 0 Å². The second kappa shape index (κ2) is 5.47. The van der Waals surface area contributed by atoms with Crippen LogP contribution in [0.25, 0.3) is 10.8 Å². The lowest BCUT2D eigenvalue weighted by atomic mass is 10.1. The molecular formula is C17H11BrO2. The maximum Gasteiger partial charge on any atom is 0.150 e. The molecule has 3 aromatic carbocycles. The molecule has 0 bridgehead atoms. The standard InChI is InChI=1S/C17H11BrO2/c18-16-9-12(11-19)5-8-17(16)20-15-7-6-13-3-1-2-4-14(13)10-15/h1-11H. The minimum Gasteiger partial charge on any atom is -0.456 e. The largest absolute Gasteiger partial charge is 0.456 e.